The van der Waals surface area contributed by atoms with E-state index >= 15 is 0 Å². The van der Waals surface area contributed by atoms with Gasteiger partial charge in [0.25, 0.3) is 0 Å². The van der Waals surface area contributed by atoms with Crippen LogP contribution < -0.4 is 0 Å². The van der Waals surface area contributed by atoms with Crippen LogP contribution in [0.4, 0.5) is 4.39 Å². The first-order chi connectivity index (χ1) is 14.8. The Morgan fingerprint density at radius 2 is 1.84 bits per heavy atom. The molecule has 1 aliphatic carbocycles. The number of hydrogen-bond acceptors (Lipinski definition) is 3. The highest BCUT2D eigenvalue weighted by Crippen LogP contribution is 2.34. The van der Waals surface area contributed by atoms with E-state index < -0.39 is 21.6 Å². The maximum atomic E-state index is 14.0. The molecular weight excluding hydrogens is 417 g/mol. The molecule has 1 fully saturated rings. The van der Waals surface area contributed by atoms with Crippen LogP contribution in [0.5, 0.6) is 0 Å². The number of carboxylic acids is 1. The van der Waals surface area contributed by atoms with Gasteiger partial charge in [-0.2, -0.15) is 0 Å². The molecule has 0 bridgehead atoms. The van der Waals surface area contributed by atoms with E-state index in [1.807, 2.05) is 6.07 Å². The average Bonchev–Trinajstić information content (AvgIpc) is 2.99. The number of rotatable bonds is 6. The zero-order chi connectivity index (χ0) is 22.2. The molecule has 0 atom stereocenters. The molecule has 0 aliphatic heterocycles. The van der Waals surface area contributed by atoms with Crippen LogP contribution in [0.1, 0.15) is 48.9 Å². The van der Waals surface area contributed by atoms with Gasteiger partial charge in [-0.15, -0.1) is 0 Å². The first-order valence-electron chi connectivity index (χ1n) is 10.6. The van der Waals surface area contributed by atoms with E-state index in [0.29, 0.717) is 46.3 Å². The van der Waals surface area contributed by atoms with Gasteiger partial charge in [-0.25, -0.2) is 12.8 Å². The Kier molecular flexibility index (Phi) is 5.88. The highest BCUT2D eigenvalue weighted by molar-refractivity contribution is 7.92. The highest BCUT2D eigenvalue weighted by Gasteiger charge is 2.31. The summed E-state index contributed by atoms with van der Waals surface area (Å²) in [5.74, 6) is -1.40. The van der Waals surface area contributed by atoms with Gasteiger partial charge in [-0.3, -0.25) is 4.79 Å². The fraction of sp³-hybridized carbons (Fsp3) is 0.375. The maximum absolute atomic E-state index is 14.0. The van der Waals surface area contributed by atoms with Gasteiger partial charge in [0.2, 0.25) is 0 Å². The van der Waals surface area contributed by atoms with Crippen molar-refractivity contribution in [3.63, 3.8) is 0 Å². The molecule has 1 heterocycles. The molecule has 7 heteroatoms. The molecule has 1 aliphatic rings. The Balaban J connectivity index is 1.81. The summed E-state index contributed by atoms with van der Waals surface area (Å²) in [5.41, 5.74) is 2.74. The summed E-state index contributed by atoms with van der Waals surface area (Å²) in [6.45, 7) is 1.56. The van der Waals surface area contributed by atoms with E-state index in [9.17, 15) is 22.7 Å². The van der Waals surface area contributed by atoms with Crippen LogP contribution in [0.2, 0.25) is 0 Å². The second kappa shape index (κ2) is 8.46. The monoisotopic (exact) mass is 443 g/mol. The molecule has 164 valence electrons. The molecule has 1 saturated carbocycles. The van der Waals surface area contributed by atoms with Gasteiger partial charge in [-0.05, 0) is 55.2 Å². The third kappa shape index (κ3) is 4.11. The summed E-state index contributed by atoms with van der Waals surface area (Å²) >= 11 is 0. The standard InChI is InChI=1S/C24H26FNO4S/c1-16-20(21-14-18(25)11-12-22(21)26(16)15-24(27)28)13-17-7-5-6-10-23(17)31(29,30)19-8-3-2-4-9-19/h5-7,10-12,14,19H,2-4,8-9,13,15H2,1H3,(H,27,28). The lowest BCUT2D eigenvalue weighted by Crippen LogP contribution is -2.25. The normalized spacial score (nSPS) is 15.4. The van der Waals surface area contributed by atoms with Crippen LogP contribution >= 0.6 is 0 Å². The number of carboxylic acid groups (broad SMARTS) is 1. The molecule has 0 amide bonds. The van der Waals surface area contributed by atoms with E-state index in [1.165, 1.54) is 12.1 Å². The Morgan fingerprint density at radius 3 is 2.55 bits per heavy atom. The van der Waals surface area contributed by atoms with Crippen LogP contribution in [0.25, 0.3) is 10.9 Å². The number of aromatic nitrogens is 1. The van der Waals surface area contributed by atoms with Crippen molar-refractivity contribution in [1.82, 2.24) is 4.57 Å². The minimum atomic E-state index is -3.47. The first kappa shape index (κ1) is 21.6. The van der Waals surface area contributed by atoms with Crippen LogP contribution in [0.3, 0.4) is 0 Å². The number of fused-ring (bicyclic) bond motifs is 1. The molecule has 5 nitrogen and oxygen atoms in total. The summed E-state index contributed by atoms with van der Waals surface area (Å²) in [5, 5.41) is 9.57. The third-order valence-corrected chi connectivity index (χ3v) is 8.71. The van der Waals surface area contributed by atoms with Crippen LogP contribution in [-0.2, 0) is 27.6 Å². The number of sulfone groups is 1. The van der Waals surface area contributed by atoms with E-state index in [2.05, 4.69) is 0 Å². The largest absolute Gasteiger partial charge is 0.480 e. The zero-order valence-electron chi connectivity index (χ0n) is 17.5. The predicted molar refractivity (Wildman–Crippen MR) is 118 cm³/mol. The van der Waals surface area contributed by atoms with Crippen LogP contribution in [0, 0.1) is 12.7 Å². The first-order valence-corrected chi connectivity index (χ1v) is 12.1. The highest BCUT2D eigenvalue weighted by atomic mass is 32.2. The summed E-state index contributed by atoms with van der Waals surface area (Å²) in [6, 6.07) is 11.3. The number of hydrogen-bond donors (Lipinski definition) is 1. The molecule has 3 aromatic rings. The van der Waals surface area contributed by atoms with Gasteiger partial charge in [0, 0.05) is 23.0 Å². The number of carbonyl (C=O) groups is 1. The number of aliphatic carboxylic acids is 1. The van der Waals surface area contributed by atoms with Crippen molar-refractivity contribution in [1.29, 1.82) is 0 Å². The zero-order valence-corrected chi connectivity index (χ0v) is 18.3. The number of nitrogens with zero attached hydrogens (tertiary/aromatic N) is 1. The molecule has 0 radical (unpaired) electrons. The molecule has 2 aromatic carbocycles. The van der Waals surface area contributed by atoms with Gasteiger partial charge >= 0.3 is 5.97 Å². The minimum Gasteiger partial charge on any atom is -0.480 e. The van der Waals surface area contributed by atoms with Gasteiger partial charge < -0.3 is 9.67 Å². The maximum Gasteiger partial charge on any atom is 0.323 e. The number of halogens is 1. The van der Waals surface area contributed by atoms with Crippen molar-refractivity contribution in [3.05, 3.63) is 65.1 Å². The fourth-order valence-electron chi connectivity index (χ4n) is 4.76. The topological polar surface area (TPSA) is 76.4 Å². The third-order valence-electron chi connectivity index (χ3n) is 6.35. The molecule has 0 saturated heterocycles. The SMILES string of the molecule is Cc1c(Cc2ccccc2S(=O)(=O)C2CCCCC2)c2cc(F)ccc2n1CC(=O)O. The van der Waals surface area contributed by atoms with Crippen molar-refractivity contribution in [2.45, 2.75) is 62.1 Å². The second-order valence-electron chi connectivity index (χ2n) is 8.29. The van der Waals surface area contributed by atoms with Crippen molar-refractivity contribution in [3.8, 4) is 0 Å². The molecular formula is C24H26FNO4S. The van der Waals surface area contributed by atoms with Crippen molar-refractivity contribution in [2.75, 3.05) is 0 Å². The van der Waals surface area contributed by atoms with Crippen LogP contribution in [0.15, 0.2) is 47.4 Å². The second-order valence-corrected chi connectivity index (χ2v) is 10.5. The fourth-order valence-corrected chi connectivity index (χ4v) is 6.85. The van der Waals surface area contributed by atoms with Gasteiger partial charge in [0.15, 0.2) is 9.84 Å². The van der Waals surface area contributed by atoms with Gasteiger partial charge in [-0.1, -0.05) is 37.5 Å². The molecule has 1 N–H and O–H groups in total. The molecule has 31 heavy (non-hydrogen) atoms. The summed E-state index contributed by atoms with van der Waals surface area (Å²) in [6.07, 6.45) is 4.57. The Morgan fingerprint density at radius 1 is 1.13 bits per heavy atom. The summed E-state index contributed by atoms with van der Waals surface area (Å²) in [7, 11) is -3.47. The minimum absolute atomic E-state index is 0.240. The Hall–Kier alpha value is -2.67. The van der Waals surface area contributed by atoms with Gasteiger partial charge in [0.1, 0.15) is 12.4 Å². The summed E-state index contributed by atoms with van der Waals surface area (Å²) in [4.78, 5) is 11.7. The lowest BCUT2D eigenvalue weighted by atomic mass is 10.0. The van der Waals surface area contributed by atoms with E-state index in [4.69, 9.17) is 0 Å². The quantitative estimate of drug-likeness (QED) is 0.590. The molecule has 1 aromatic heterocycles. The van der Waals surface area contributed by atoms with Crippen molar-refractivity contribution >= 4 is 26.7 Å². The van der Waals surface area contributed by atoms with E-state index in [1.54, 1.807) is 35.8 Å². The Bertz CT molecular complexity index is 1240. The van der Waals surface area contributed by atoms with Gasteiger partial charge in [0.05, 0.1) is 10.1 Å². The summed E-state index contributed by atoms with van der Waals surface area (Å²) < 4.78 is 42.5. The predicted octanol–water partition coefficient (Wildman–Crippen LogP) is 4.87. The Labute approximate surface area is 181 Å². The average molecular weight is 444 g/mol. The van der Waals surface area contributed by atoms with Crippen LogP contribution in [-0.4, -0.2) is 29.3 Å². The smallest absolute Gasteiger partial charge is 0.323 e. The lowest BCUT2D eigenvalue weighted by molar-refractivity contribution is -0.137. The lowest BCUT2D eigenvalue weighted by Gasteiger charge is -2.23. The van der Waals surface area contributed by atoms with E-state index in [0.717, 1.165) is 24.8 Å². The van der Waals surface area contributed by atoms with Crippen molar-refractivity contribution in [2.24, 2.45) is 0 Å². The van der Waals surface area contributed by atoms with E-state index in [-0.39, 0.29) is 11.8 Å². The molecule has 4 rings (SSSR count). The molecule has 0 unspecified atom stereocenters. The number of benzene rings is 2. The molecule has 0 spiro atoms. The van der Waals surface area contributed by atoms with Crippen molar-refractivity contribution < 1.29 is 22.7 Å².